The van der Waals surface area contributed by atoms with Crippen molar-refractivity contribution >= 4 is 15.9 Å². The van der Waals surface area contributed by atoms with E-state index in [9.17, 15) is 13.2 Å². The Kier molecular flexibility index (Phi) is 5.78. The molecule has 1 aliphatic heterocycles. The van der Waals surface area contributed by atoms with E-state index >= 15 is 0 Å². The van der Waals surface area contributed by atoms with E-state index in [1.807, 2.05) is 31.2 Å². The molecular formula is C16H25N3O3S. The van der Waals surface area contributed by atoms with E-state index in [0.717, 1.165) is 30.2 Å². The van der Waals surface area contributed by atoms with E-state index in [-0.39, 0.29) is 11.8 Å². The zero-order valence-electron chi connectivity index (χ0n) is 13.7. The first kappa shape index (κ1) is 17.9. The van der Waals surface area contributed by atoms with Crippen molar-refractivity contribution in [1.82, 2.24) is 9.62 Å². The number of carbonyl (C=O) groups excluding carboxylic acids is 1. The molecule has 0 spiro atoms. The molecule has 0 bridgehead atoms. The van der Waals surface area contributed by atoms with Gasteiger partial charge in [0.1, 0.15) is 6.04 Å². The van der Waals surface area contributed by atoms with Gasteiger partial charge in [-0.2, -0.15) is 0 Å². The van der Waals surface area contributed by atoms with Gasteiger partial charge < -0.3 is 10.6 Å². The van der Waals surface area contributed by atoms with Crippen molar-refractivity contribution in [2.45, 2.75) is 25.8 Å². The predicted molar refractivity (Wildman–Crippen MR) is 90.3 cm³/mol. The molecule has 2 unspecified atom stereocenters. The summed E-state index contributed by atoms with van der Waals surface area (Å²) in [5.41, 5.74) is 8.03. The smallest absolute Gasteiger partial charge is 0.244 e. The summed E-state index contributed by atoms with van der Waals surface area (Å²) in [5, 5.41) is 0. The predicted octanol–water partition coefficient (Wildman–Crippen LogP) is 0.783. The molecule has 6 nitrogen and oxygen atoms in total. The average Bonchev–Trinajstić information content (AvgIpc) is 2.52. The zero-order chi connectivity index (χ0) is 17.0. The standard InChI is InChI=1S/C16H25N3O3S/c1-12-5-7-14(8-6-12)15(17)16(20)19-9-3-4-13(11-19)10-18-23(2,21)22/h5-8,13,15,18H,3-4,9-11,17H2,1-2H3. The van der Waals surface area contributed by atoms with Crippen molar-refractivity contribution < 1.29 is 13.2 Å². The fraction of sp³-hybridized carbons (Fsp3) is 0.562. The molecule has 0 aromatic heterocycles. The van der Waals surface area contributed by atoms with E-state index in [0.29, 0.717) is 19.6 Å². The van der Waals surface area contributed by atoms with Gasteiger partial charge in [-0.1, -0.05) is 29.8 Å². The first-order valence-corrected chi connectivity index (χ1v) is 9.71. The molecule has 1 heterocycles. The molecule has 1 amide bonds. The number of rotatable bonds is 5. The second-order valence-electron chi connectivity index (χ2n) is 6.30. The summed E-state index contributed by atoms with van der Waals surface area (Å²) < 4.78 is 24.9. The number of hydrogen-bond donors (Lipinski definition) is 2. The maximum atomic E-state index is 12.6. The first-order valence-electron chi connectivity index (χ1n) is 7.82. The number of piperidine rings is 1. The molecule has 7 heteroatoms. The molecule has 128 valence electrons. The van der Waals surface area contributed by atoms with Crippen LogP contribution in [-0.2, 0) is 14.8 Å². The van der Waals surface area contributed by atoms with Crippen LogP contribution in [0.15, 0.2) is 24.3 Å². The number of amides is 1. The Morgan fingerprint density at radius 1 is 1.39 bits per heavy atom. The molecule has 2 atom stereocenters. The molecule has 3 N–H and O–H groups in total. The molecule has 0 aliphatic carbocycles. The Morgan fingerprint density at radius 2 is 2.04 bits per heavy atom. The minimum Gasteiger partial charge on any atom is -0.341 e. The van der Waals surface area contributed by atoms with Crippen LogP contribution in [0.2, 0.25) is 0 Å². The summed E-state index contributed by atoms with van der Waals surface area (Å²) in [7, 11) is -3.20. The van der Waals surface area contributed by atoms with Crippen LogP contribution in [0.3, 0.4) is 0 Å². The molecule has 1 saturated heterocycles. The van der Waals surface area contributed by atoms with Crippen molar-refractivity contribution in [2.24, 2.45) is 11.7 Å². The SMILES string of the molecule is Cc1ccc(C(N)C(=O)N2CCCC(CNS(C)(=O)=O)C2)cc1. The van der Waals surface area contributed by atoms with Gasteiger partial charge in [0, 0.05) is 19.6 Å². The number of carbonyl (C=O) groups is 1. The van der Waals surface area contributed by atoms with Crippen molar-refractivity contribution in [3.63, 3.8) is 0 Å². The van der Waals surface area contributed by atoms with Crippen LogP contribution in [0, 0.1) is 12.8 Å². The molecular weight excluding hydrogens is 314 g/mol. The van der Waals surface area contributed by atoms with E-state index in [1.54, 1.807) is 4.90 Å². The molecule has 2 rings (SSSR count). The Bertz CT molecular complexity index is 643. The number of sulfonamides is 1. The lowest BCUT2D eigenvalue weighted by Crippen LogP contribution is -2.46. The maximum Gasteiger partial charge on any atom is 0.244 e. The van der Waals surface area contributed by atoms with Crippen molar-refractivity contribution in [1.29, 1.82) is 0 Å². The van der Waals surface area contributed by atoms with Crippen LogP contribution in [0.1, 0.15) is 30.0 Å². The highest BCUT2D eigenvalue weighted by Gasteiger charge is 2.28. The third kappa shape index (κ3) is 5.30. The number of aryl methyl sites for hydroxylation is 1. The van der Waals surface area contributed by atoms with E-state index < -0.39 is 16.1 Å². The van der Waals surface area contributed by atoms with Crippen molar-refractivity contribution in [3.05, 3.63) is 35.4 Å². The number of nitrogens with two attached hydrogens (primary N) is 1. The average molecular weight is 339 g/mol. The quantitative estimate of drug-likeness (QED) is 0.829. The highest BCUT2D eigenvalue weighted by molar-refractivity contribution is 7.88. The summed E-state index contributed by atoms with van der Waals surface area (Å²) in [6.07, 6.45) is 2.92. The molecule has 0 radical (unpaired) electrons. The van der Waals surface area contributed by atoms with E-state index in [1.165, 1.54) is 0 Å². The Balaban J connectivity index is 1.97. The minimum atomic E-state index is -3.20. The van der Waals surface area contributed by atoms with Crippen LogP contribution < -0.4 is 10.5 Å². The molecule has 1 aromatic carbocycles. The topological polar surface area (TPSA) is 92.5 Å². The third-order valence-electron chi connectivity index (χ3n) is 4.17. The molecule has 1 aliphatic rings. The lowest BCUT2D eigenvalue weighted by Gasteiger charge is -2.34. The normalized spacial score (nSPS) is 20.3. The van der Waals surface area contributed by atoms with Gasteiger partial charge >= 0.3 is 0 Å². The molecule has 0 saturated carbocycles. The fourth-order valence-electron chi connectivity index (χ4n) is 2.81. The van der Waals surface area contributed by atoms with E-state index in [2.05, 4.69) is 4.72 Å². The van der Waals surface area contributed by atoms with Crippen molar-refractivity contribution in [3.8, 4) is 0 Å². The molecule has 23 heavy (non-hydrogen) atoms. The van der Waals surface area contributed by atoms with Gasteiger partial charge in [-0.3, -0.25) is 4.79 Å². The first-order chi connectivity index (χ1) is 10.8. The number of hydrogen-bond acceptors (Lipinski definition) is 4. The van der Waals surface area contributed by atoms with Crippen LogP contribution in [0.4, 0.5) is 0 Å². The summed E-state index contributed by atoms with van der Waals surface area (Å²) in [4.78, 5) is 14.3. The highest BCUT2D eigenvalue weighted by atomic mass is 32.2. The van der Waals surface area contributed by atoms with Gasteiger partial charge in [-0.15, -0.1) is 0 Å². The summed E-state index contributed by atoms with van der Waals surface area (Å²) in [6.45, 7) is 3.57. The highest BCUT2D eigenvalue weighted by Crippen LogP contribution is 2.20. The number of nitrogens with zero attached hydrogens (tertiary/aromatic N) is 1. The van der Waals surface area contributed by atoms with E-state index in [4.69, 9.17) is 5.73 Å². The lowest BCUT2D eigenvalue weighted by atomic mass is 9.96. The maximum absolute atomic E-state index is 12.6. The van der Waals surface area contributed by atoms with Crippen LogP contribution in [0.25, 0.3) is 0 Å². The number of nitrogens with one attached hydrogen (secondary N) is 1. The van der Waals surface area contributed by atoms with Gasteiger partial charge in [-0.25, -0.2) is 13.1 Å². The largest absolute Gasteiger partial charge is 0.341 e. The van der Waals surface area contributed by atoms with Gasteiger partial charge in [0.15, 0.2) is 0 Å². The van der Waals surface area contributed by atoms with Crippen LogP contribution in [0.5, 0.6) is 0 Å². The number of likely N-dealkylation sites (tertiary alicyclic amines) is 1. The Labute approximate surface area is 138 Å². The second kappa shape index (κ2) is 7.42. The lowest BCUT2D eigenvalue weighted by molar-refractivity contribution is -0.134. The second-order valence-corrected chi connectivity index (χ2v) is 8.13. The van der Waals surface area contributed by atoms with Crippen LogP contribution >= 0.6 is 0 Å². The Hall–Kier alpha value is -1.44. The van der Waals surface area contributed by atoms with Gasteiger partial charge in [-0.05, 0) is 31.2 Å². The summed E-state index contributed by atoms with van der Waals surface area (Å²) in [6, 6.07) is 6.97. The minimum absolute atomic E-state index is 0.0992. The summed E-state index contributed by atoms with van der Waals surface area (Å²) in [5.74, 6) is 0.0329. The number of benzene rings is 1. The zero-order valence-corrected chi connectivity index (χ0v) is 14.5. The molecule has 1 aromatic rings. The van der Waals surface area contributed by atoms with Gasteiger partial charge in [0.05, 0.1) is 6.26 Å². The van der Waals surface area contributed by atoms with Crippen molar-refractivity contribution in [2.75, 3.05) is 25.9 Å². The summed E-state index contributed by atoms with van der Waals surface area (Å²) >= 11 is 0. The van der Waals surface area contributed by atoms with Gasteiger partial charge in [0.25, 0.3) is 0 Å². The Morgan fingerprint density at radius 3 is 2.65 bits per heavy atom. The van der Waals surface area contributed by atoms with Crippen LogP contribution in [-0.4, -0.2) is 45.1 Å². The molecule has 1 fully saturated rings. The third-order valence-corrected chi connectivity index (χ3v) is 4.86. The van der Waals surface area contributed by atoms with Gasteiger partial charge in [0.2, 0.25) is 15.9 Å². The fourth-order valence-corrected chi connectivity index (χ4v) is 3.35. The monoisotopic (exact) mass is 339 g/mol.